The number of nitrogen functional groups attached to an aromatic ring is 1. The van der Waals surface area contributed by atoms with E-state index in [0.717, 1.165) is 16.8 Å². The highest BCUT2D eigenvalue weighted by Gasteiger charge is 2.24. The van der Waals surface area contributed by atoms with Crippen molar-refractivity contribution in [1.82, 2.24) is 15.6 Å². The number of aromatic nitrogens is 1. The van der Waals surface area contributed by atoms with Crippen molar-refractivity contribution in [2.75, 3.05) is 19.3 Å². The monoisotopic (exact) mass is 450 g/mol. The van der Waals surface area contributed by atoms with E-state index in [9.17, 15) is 4.39 Å². The highest BCUT2D eigenvalue weighted by atomic mass is 19.1. The second-order valence-corrected chi connectivity index (χ2v) is 7.83. The Morgan fingerprint density at radius 3 is 2.76 bits per heavy atom. The van der Waals surface area contributed by atoms with E-state index in [1.807, 2.05) is 13.8 Å². The number of hydrogen-bond acceptors (Lipinski definition) is 7. The zero-order valence-electron chi connectivity index (χ0n) is 19.5. The molecule has 2 heterocycles. The van der Waals surface area contributed by atoms with Crippen molar-refractivity contribution in [1.29, 1.82) is 10.8 Å². The zero-order chi connectivity index (χ0) is 24.1. The molecule has 2 bridgehead atoms. The van der Waals surface area contributed by atoms with Crippen LogP contribution >= 0.6 is 0 Å². The molecule has 1 atom stereocenters. The first-order chi connectivity index (χ1) is 15.8. The van der Waals surface area contributed by atoms with Crippen LogP contribution in [0.25, 0.3) is 5.70 Å². The summed E-state index contributed by atoms with van der Waals surface area (Å²) in [6.45, 7) is 6.34. The summed E-state index contributed by atoms with van der Waals surface area (Å²) >= 11 is 0. The lowest BCUT2D eigenvalue weighted by Crippen LogP contribution is -2.21. The minimum Gasteiger partial charge on any atom is -0.482 e. The summed E-state index contributed by atoms with van der Waals surface area (Å²) in [5.41, 5.74) is 10.8. The molecule has 0 spiro atoms. The third kappa shape index (κ3) is 5.05. The van der Waals surface area contributed by atoms with Gasteiger partial charge in [-0.3, -0.25) is 5.41 Å². The Morgan fingerprint density at radius 1 is 1.33 bits per heavy atom. The largest absolute Gasteiger partial charge is 0.482 e. The van der Waals surface area contributed by atoms with Gasteiger partial charge < -0.3 is 26.5 Å². The first-order valence-electron chi connectivity index (χ1n) is 11.0. The number of halogens is 1. The summed E-state index contributed by atoms with van der Waals surface area (Å²) < 4.78 is 20.4. The number of hydrogen-bond donors (Lipinski definition) is 5. The fourth-order valence-electron chi connectivity index (χ4n) is 3.91. The molecule has 1 aromatic heterocycles. The lowest BCUT2D eigenvalue weighted by Gasteiger charge is -2.24. The topological polar surface area (TPSA) is 120 Å². The van der Waals surface area contributed by atoms with Crippen molar-refractivity contribution in [2.24, 2.45) is 0 Å². The van der Waals surface area contributed by atoms with Crippen LogP contribution in [0, 0.1) is 16.6 Å². The number of allylic oxidation sites excluding steroid dienone is 2. The molecule has 0 radical (unpaired) electrons. The molecule has 8 heteroatoms. The third-order valence-electron chi connectivity index (χ3n) is 5.58. The van der Waals surface area contributed by atoms with Gasteiger partial charge in [0.15, 0.2) is 11.6 Å². The van der Waals surface area contributed by atoms with Crippen molar-refractivity contribution in [3.05, 3.63) is 70.3 Å². The van der Waals surface area contributed by atoms with E-state index in [1.54, 1.807) is 38.5 Å². The molecule has 1 aromatic carbocycles. The Kier molecular flexibility index (Phi) is 7.48. The van der Waals surface area contributed by atoms with Gasteiger partial charge in [-0.15, -0.1) is 0 Å². The van der Waals surface area contributed by atoms with E-state index >= 15 is 0 Å². The Hall–Kier alpha value is -3.68. The number of nitrogens with two attached hydrogens (primary N) is 1. The fourth-order valence-corrected chi connectivity index (χ4v) is 3.91. The first-order valence-corrected chi connectivity index (χ1v) is 11.0. The van der Waals surface area contributed by atoms with Crippen LogP contribution < -0.4 is 21.1 Å². The maximum absolute atomic E-state index is 14.2. The molecule has 7 nitrogen and oxygen atoms in total. The molecule has 1 aliphatic rings. The minimum absolute atomic E-state index is 0.217. The molecule has 0 saturated carbocycles. The van der Waals surface area contributed by atoms with E-state index in [-0.39, 0.29) is 11.5 Å². The summed E-state index contributed by atoms with van der Waals surface area (Å²) in [5, 5.41) is 24.1. The average Bonchev–Trinajstić information content (AvgIpc) is 2.80. The smallest absolute Gasteiger partial charge is 0.166 e. The van der Waals surface area contributed by atoms with Gasteiger partial charge >= 0.3 is 0 Å². The highest BCUT2D eigenvalue weighted by Crippen LogP contribution is 2.34. The molecular weight excluding hydrogens is 419 g/mol. The first kappa shape index (κ1) is 24.0. The van der Waals surface area contributed by atoms with Crippen molar-refractivity contribution in [3.63, 3.8) is 0 Å². The normalized spacial score (nSPS) is 19.7. The van der Waals surface area contributed by atoms with Gasteiger partial charge in [0.05, 0.1) is 5.71 Å². The van der Waals surface area contributed by atoms with Crippen LogP contribution in [0.1, 0.15) is 56.4 Å². The van der Waals surface area contributed by atoms with Crippen LogP contribution in [0.4, 0.5) is 10.2 Å². The number of benzene rings is 1. The molecule has 6 N–H and O–H groups in total. The van der Waals surface area contributed by atoms with E-state index in [0.29, 0.717) is 47.5 Å². The zero-order valence-corrected chi connectivity index (χ0v) is 19.5. The molecule has 0 amide bonds. The molecule has 0 fully saturated rings. The van der Waals surface area contributed by atoms with E-state index in [1.165, 1.54) is 12.1 Å². The van der Waals surface area contributed by atoms with Gasteiger partial charge in [-0.05, 0) is 50.1 Å². The molecular formula is C25H31FN6O. The summed E-state index contributed by atoms with van der Waals surface area (Å²) in [6.07, 6.45) is 3.69. The molecule has 33 heavy (non-hydrogen) atoms. The van der Waals surface area contributed by atoms with Gasteiger partial charge in [0.1, 0.15) is 11.9 Å². The van der Waals surface area contributed by atoms with Gasteiger partial charge in [-0.2, -0.15) is 0 Å². The van der Waals surface area contributed by atoms with Gasteiger partial charge in [0, 0.05) is 66.1 Å². The summed E-state index contributed by atoms with van der Waals surface area (Å²) in [5.74, 6) is 0.173. The van der Waals surface area contributed by atoms with Crippen molar-refractivity contribution in [2.45, 2.75) is 39.7 Å². The Labute approximate surface area is 194 Å². The minimum atomic E-state index is -0.578. The molecule has 3 rings (SSSR count). The van der Waals surface area contributed by atoms with Gasteiger partial charge in [0.2, 0.25) is 0 Å². The summed E-state index contributed by atoms with van der Waals surface area (Å²) in [6, 6.07) is 6.13. The highest BCUT2D eigenvalue weighted by molar-refractivity contribution is 6.14. The van der Waals surface area contributed by atoms with Gasteiger partial charge in [0.25, 0.3) is 0 Å². The summed E-state index contributed by atoms with van der Waals surface area (Å²) in [4.78, 5) is 4.32. The van der Waals surface area contributed by atoms with Crippen molar-refractivity contribution in [3.8, 4) is 5.75 Å². The standard InChI is InChI=1S/C25H31FN6O/c1-5-21(27)20-9-15(12-30-4)23(28)18-8-7-17(26)11-19(18)14(3)33-22-10-16(13-32-25(22)29)24(20)31-6-2/h7-8,10-14,27-28,30-31H,5-6,9H2,1-4H3,(H2,29,32)/b15-12-,24-20-,27-21?,28-23?/t14-/m1/s1. The van der Waals surface area contributed by atoms with Gasteiger partial charge in [-0.25, -0.2) is 9.37 Å². The maximum atomic E-state index is 14.2. The molecule has 0 aliphatic carbocycles. The van der Waals surface area contributed by atoms with Crippen LogP contribution in [0.2, 0.25) is 0 Å². The SMILES string of the molecule is CCN/C1=C(\C(=N)CC)C/C(=C/NC)C(=N)c2ccc(F)cc2[C@@H](C)Oc2cc1cnc2N. The second kappa shape index (κ2) is 10.3. The Bertz CT molecular complexity index is 1140. The number of fused-ring (bicyclic) bond motifs is 3. The van der Waals surface area contributed by atoms with Crippen LogP contribution in [-0.4, -0.2) is 30.0 Å². The molecule has 2 aromatic rings. The number of nitrogens with zero attached hydrogens (tertiary/aromatic N) is 1. The van der Waals surface area contributed by atoms with Crippen molar-refractivity contribution < 1.29 is 9.13 Å². The van der Waals surface area contributed by atoms with Crippen molar-refractivity contribution >= 4 is 22.9 Å². The predicted octanol–water partition coefficient (Wildman–Crippen LogP) is 4.57. The van der Waals surface area contributed by atoms with Crippen LogP contribution in [0.5, 0.6) is 5.75 Å². The Morgan fingerprint density at radius 2 is 2.09 bits per heavy atom. The second-order valence-electron chi connectivity index (χ2n) is 7.83. The Balaban J connectivity index is 2.36. The summed E-state index contributed by atoms with van der Waals surface area (Å²) in [7, 11) is 1.77. The average molecular weight is 451 g/mol. The number of rotatable bonds is 5. The van der Waals surface area contributed by atoms with E-state index < -0.39 is 11.9 Å². The lowest BCUT2D eigenvalue weighted by molar-refractivity contribution is 0.227. The van der Waals surface area contributed by atoms with Crippen LogP contribution in [0.3, 0.4) is 0 Å². The lowest BCUT2D eigenvalue weighted by atomic mass is 9.88. The van der Waals surface area contributed by atoms with E-state index in [4.69, 9.17) is 21.3 Å². The van der Waals surface area contributed by atoms with E-state index in [2.05, 4.69) is 15.6 Å². The third-order valence-corrected chi connectivity index (χ3v) is 5.58. The molecule has 0 unspecified atom stereocenters. The number of nitrogens with one attached hydrogen (secondary N) is 4. The van der Waals surface area contributed by atoms with Gasteiger partial charge in [-0.1, -0.05) is 6.92 Å². The number of ether oxygens (including phenoxy) is 1. The van der Waals surface area contributed by atoms with Crippen LogP contribution in [0.15, 0.2) is 47.8 Å². The molecule has 1 aliphatic heterocycles. The number of pyridine rings is 1. The molecule has 174 valence electrons. The predicted molar refractivity (Wildman–Crippen MR) is 131 cm³/mol. The number of anilines is 1. The molecule has 0 saturated heterocycles. The van der Waals surface area contributed by atoms with Crippen LogP contribution in [-0.2, 0) is 0 Å². The fraction of sp³-hybridized carbons (Fsp3) is 0.320. The maximum Gasteiger partial charge on any atom is 0.166 e. The quantitative estimate of drug-likeness (QED) is 0.428.